The summed E-state index contributed by atoms with van der Waals surface area (Å²) in [5, 5.41) is 2.16. The van der Waals surface area contributed by atoms with Gasteiger partial charge >= 0.3 is 0 Å². The van der Waals surface area contributed by atoms with Gasteiger partial charge in [-0.15, -0.1) is 0 Å². The van der Waals surface area contributed by atoms with E-state index in [1.807, 2.05) is 60.8 Å². The molecule has 0 fully saturated rings. The molecule has 5 heteroatoms. The zero-order valence-corrected chi connectivity index (χ0v) is 27.4. The summed E-state index contributed by atoms with van der Waals surface area (Å²) in [6, 6.07) is 46.5. The highest BCUT2D eigenvalue weighted by atomic mass is 16.3. The van der Waals surface area contributed by atoms with Crippen LogP contribution in [0.15, 0.2) is 168 Å². The Labute approximate surface area is 294 Å². The predicted molar refractivity (Wildman–Crippen MR) is 203 cm³/mol. The van der Waals surface area contributed by atoms with Crippen LogP contribution in [0.1, 0.15) is 34.6 Å². The number of benzene rings is 5. The molecule has 11 rings (SSSR count). The maximum absolute atomic E-state index is 6.28. The lowest BCUT2D eigenvalue weighted by atomic mass is 9.70. The Hall–Kier alpha value is -6.72. The van der Waals surface area contributed by atoms with Crippen molar-refractivity contribution in [2.24, 2.45) is 0 Å². The second kappa shape index (κ2) is 10.6. The molecule has 0 atom stereocenters. The first kappa shape index (κ1) is 28.2. The summed E-state index contributed by atoms with van der Waals surface area (Å²) in [5.74, 6) is 1.85. The number of furan rings is 1. The van der Waals surface area contributed by atoms with Gasteiger partial charge in [-0.2, -0.15) is 0 Å². The second-order valence-electron chi connectivity index (χ2n) is 13.3. The number of hydrogen-bond donors (Lipinski definition) is 0. The van der Waals surface area contributed by atoms with Crippen molar-refractivity contribution < 1.29 is 4.42 Å². The minimum atomic E-state index is -0.517. The highest BCUT2D eigenvalue weighted by molar-refractivity contribution is 6.06. The first-order chi connectivity index (χ1) is 25.3. The van der Waals surface area contributed by atoms with Gasteiger partial charge in [0.25, 0.3) is 0 Å². The molecule has 8 aromatic rings. The van der Waals surface area contributed by atoms with Gasteiger partial charge in [-0.1, -0.05) is 121 Å². The molecule has 3 aliphatic carbocycles. The number of hydrogen-bond acceptors (Lipinski definition) is 5. The highest BCUT2D eigenvalue weighted by Crippen LogP contribution is 2.63. The molecule has 0 aliphatic heterocycles. The Morgan fingerprint density at radius 3 is 2.02 bits per heavy atom. The number of fused-ring (bicyclic) bond motifs is 13. The Kier molecular flexibility index (Phi) is 5.87. The van der Waals surface area contributed by atoms with Crippen molar-refractivity contribution in [3.8, 4) is 33.9 Å². The zero-order chi connectivity index (χ0) is 33.5. The third kappa shape index (κ3) is 3.97. The second-order valence-corrected chi connectivity index (χ2v) is 13.3. The SMILES string of the molecule is C1=C(c2nc(-c3ccccc3)nc(-c3ccc4c(c3)oc3ccccc34)n2)C=C2C(=CC1)c1ncccc1C21c2ccccc2-c2ccccc21. The van der Waals surface area contributed by atoms with Crippen molar-refractivity contribution in [3.63, 3.8) is 0 Å². The molecule has 3 aliphatic rings. The molecular weight excluding hydrogens is 625 g/mol. The predicted octanol–water partition coefficient (Wildman–Crippen LogP) is 10.6. The Bertz CT molecular complexity index is 2800. The molecule has 0 amide bonds. The number of allylic oxidation sites excluding steroid dienone is 6. The first-order valence-corrected chi connectivity index (χ1v) is 17.3. The lowest BCUT2D eigenvalue weighted by molar-refractivity contribution is 0.669. The highest BCUT2D eigenvalue weighted by Gasteiger charge is 2.54. The maximum Gasteiger partial charge on any atom is 0.164 e. The van der Waals surface area contributed by atoms with E-state index in [4.69, 9.17) is 24.4 Å². The summed E-state index contributed by atoms with van der Waals surface area (Å²) in [5.41, 5.74) is 13.6. The summed E-state index contributed by atoms with van der Waals surface area (Å²) in [6.07, 6.45) is 9.49. The third-order valence-corrected chi connectivity index (χ3v) is 10.6. The Balaban J connectivity index is 1.14. The normalized spacial score (nSPS) is 15.1. The van der Waals surface area contributed by atoms with Crippen molar-refractivity contribution >= 4 is 33.1 Å². The van der Waals surface area contributed by atoms with Crippen LogP contribution in [0.3, 0.4) is 0 Å². The van der Waals surface area contributed by atoms with Gasteiger partial charge in [-0.05, 0) is 70.2 Å². The van der Waals surface area contributed by atoms with Gasteiger partial charge in [0.15, 0.2) is 17.5 Å². The quantitative estimate of drug-likeness (QED) is 0.190. The molecule has 3 aromatic heterocycles. The molecule has 5 aromatic carbocycles. The molecule has 0 N–H and O–H groups in total. The van der Waals surface area contributed by atoms with E-state index in [1.165, 1.54) is 33.4 Å². The van der Waals surface area contributed by atoms with Crippen LogP contribution in [0.4, 0.5) is 0 Å². The lowest BCUT2D eigenvalue weighted by Gasteiger charge is -2.30. The monoisotopic (exact) mass is 652 g/mol. The largest absolute Gasteiger partial charge is 0.456 e. The van der Waals surface area contributed by atoms with E-state index in [2.05, 4.69) is 97.1 Å². The van der Waals surface area contributed by atoms with E-state index in [-0.39, 0.29) is 0 Å². The van der Waals surface area contributed by atoms with Gasteiger partial charge < -0.3 is 4.42 Å². The van der Waals surface area contributed by atoms with Crippen LogP contribution < -0.4 is 0 Å². The van der Waals surface area contributed by atoms with E-state index < -0.39 is 5.41 Å². The molecule has 0 saturated heterocycles. The Morgan fingerprint density at radius 1 is 0.529 bits per heavy atom. The number of rotatable bonds is 3. The number of nitrogens with zero attached hydrogens (tertiary/aromatic N) is 4. The molecule has 0 bridgehead atoms. The van der Waals surface area contributed by atoms with Crippen LogP contribution in [-0.2, 0) is 5.41 Å². The van der Waals surface area contributed by atoms with E-state index in [0.717, 1.165) is 49.9 Å². The fourth-order valence-electron chi connectivity index (χ4n) is 8.49. The average molecular weight is 653 g/mol. The standard InChI is InChI=1S/C46H28N4O/c1-2-12-28(13-3-1)43-48-44(50-45(49-43)30-23-24-34-33-17-6-9-22-40(33)51-41(34)27-30)29-14-10-18-35-39(26-29)46(38-21-11-25-47-42(35)38)36-19-7-4-15-31(36)32-16-5-8-20-37(32)46/h1-9,11-27H,10H2. The number of para-hydroxylation sites is 1. The minimum absolute atomic E-state index is 0.517. The molecule has 5 nitrogen and oxygen atoms in total. The van der Waals surface area contributed by atoms with Gasteiger partial charge in [0, 0.05) is 39.2 Å². The molecular formula is C46H28N4O. The van der Waals surface area contributed by atoms with Crippen molar-refractivity contribution in [1.82, 2.24) is 19.9 Å². The van der Waals surface area contributed by atoms with Gasteiger partial charge in [0.05, 0.1) is 11.1 Å². The summed E-state index contributed by atoms with van der Waals surface area (Å²) < 4.78 is 6.28. The van der Waals surface area contributed by atoms with Crippen molar-refractivity contribution in [1.29, 1.82) is 0 Å². The summed E-state index contributed by atoms with van der Waals surface area (Å²) in [7, 11) is 0. The lowest BCUT2D eigenvalue weighted by Crippen LogP contribution is -2.26. The van der Waals surface area contributed by atoms with Crippen LogP contribution in [0.5, 0.6) is 0 Å². The number of pyridine rings is 1. The molecule has 51 heavy (non-hydrogen) atoms. The van der Waals surface area contributed by atoms with Gasteiger partial charge in [0.1, 0.15) is 11.2 Å². The third-order valence-electron chi connectivity index (χ3n) is 10.6. The molecule has 3 heterocycles. The smallest absolute Gasteiger partial charge is 0.164 e. The summed E-state index contributed by atoms with van der Waals surface area (Å²) >= 11 is 0. The van der Waals surface area contributed by atoms with Gasteiger partial charge in [-0.3, -0.25) is 4.98 Å². The molecule has 0 radical (unpaired) electrons. The average Bonchev–Trinajstić information content (AvgIpc) is 3.73. The number of aromatic nitrogens is 4. The first-order valence-electron chi connectivity index (χ1n) is 17.3. The van der Waals surface area contributed by atoms with Crippen LogP contribution >= 0.6 is 0 Å². The fourth-order valence-corrected chi connectivity index (χ4v) is 8.49. The fraction of sp³-hybridized carbons (Fsp3) is 0.0435. The zero-order valence-electron chi connectivity index (χ0n) is 27.4. The van der Waals surface area contributed by atoms with E-state index in [0.29, 0.717) is 23.9 Å². The van der Waals surface area contributed by atoms with Crippen LogP contribution in [-0.4, -0.2) is 19.9 Å². The van der Waals surface area contributed by atoms with Crippen molar-refractivity contribution in [3.05, 3.63) is 192 Å². The van der Waals surface area contributed by atoms with Crippen LogP contribution in [0.25, 0.3) is 67.0 Å². The van der Waals surface area contributed by atoms with Gasteiger partial charge in [-0.25, -0.2) is 15.0 Å². The van der Waals surface area contributed by atoms with Crippen molar-refractivity contribution in [2.45, 2.75) is 11.8 Å². The summed E-state index contributed by atoms with van der Waals surface area (Å²) in [6.45, 7) is 0. The molecule has 1 spiro atoms. The van der Waals surface area contributed by atoms with E-state index in [1.54, 1.807) is 0 Å². The van der Waals surface area contributed by atoms with Crippen molar-refractivity contribution in [2.75, 3.05) is 0 Å². The molecule has 0 saturated carbocycles. The Morgan fingerprint density at radius 2 is 1.20 bits per heavy atom. The van der Waals surface area contributed by atoms with E-state index >= 15 is 0 Å². The molecule has 0 unspecified atom stereocenters. The van der Waals surface area contributed by atoms with E-state index in [9.17, 15) is 0 Å². The maximum atomic E-state index is 6.28. The minimum Gasteiger partial charge on any atom is -0.456 e. The van der Waals surface area contributed by atoms with Crippen LogP contribution in [0, 0.1) is 0 Å². The topological polar surface area (TPSA) is 64.7 Å². The summed E-state index contributed by atoms with van der Waals surface area (Å²) in [4.78, 5) is 20.4. The van der Waals surface area contributed by atoms with Crippen LogP contribution in [0.2, 0.25) is 0 Å². The van der Waals surface area contributed by atoms with Gasteiger partial charge in [0.2, 0.25) is 0 Å². The molecule has 238 valence electrons.